The van der Waals surface area contributed by atoms with Gasteiger partial charge in [0.15, 0.2) is 0 Å². The number of amides is 3. The summed E-state index contributed by atoms with van der Waals surface area (Å²) in [7, 11) is 0. The van der Waals surface area contributed by atoms with Gasteiger partial charge in [0.25, 0.3) is 5.91 Å². The van der Waals surface area contributed by atoms with Crippen LogP contribution in [0.3, 0.4) is 0 Å². The Bertz CT molecular complexity index is 811. The van der Waals surface area contributed by atoms with Gasteiger partial charge in [0, 0.05) is 37.2 Å². The van der Waals surface area contributed by atoms with Crippen molar-refractivity contribution in [3.63, 3.8) is 0 Å². The lowest BCUT2D eigenvalue weighted by Crippen LogP contribution is -2.52. The fourth-order valence-corrected chi connectivity index (χ4v) is 4.96. The van der Waals surface area contributed by atoms with Crippen LogP contribution in [0, 0.1) is 0 Å². The average Bonchev–Trinajstić information content (AvgIpc) is 3.27. The van der Waals surface area contributed by atoms with E-state index in [1.165, 1.54) is 18.4 Å². The summed E-state index contributed by atoms with van der Waals surface area (Å²) < 4.78 is 0. The maximum absolute atomic E-state index is 12.9. The lowest BCUT2D eigenvalue weighted by Gasteiger charge is -2.29. The molecule has 7 heteroatoms. The Morgan fingerprint density at radius 3 is 2.56 bits per heavy atom. The number of carbonyl (C=O) groups excluding carboxylic acids is 3. The number of piperidine rings is 1. The second-order valence-electron chi connectivity index (χ2n) is 7.98. The summed E-state index contributed by atoms with van der Waals surface area (Å²) in [5, 5.41) is 5.81. The molecule has 4 aliphatic heterocycles. The van der Waals surface area contributed by atoms with Crippen LogP contribution in [-0.4, -0.2) is 58.7 Å². The maximum Gasteiger partial charge on any atom is 0.255 e. The Morgan fingerprint density at radius 1 is 1.04 bits per heavy atom. The minimum Gasteiger partial charge on any atom is -0.322 e. The van der Waals surface area contributed by atoms with Crippen LogP contribution in [0.1, 0.15) is 47.2 Å². The number of fused-ring (bicyclic) bond motifs is 2. The van der Waals surface area contributed by atoms with E-state index in [0.717, 1.165) is 25.2 Å². The van der Waals surface area contributed by atoms with Gasteiger partial charge < -0.3 is 10.2 Å². The lowest BCUT2D eigenvalue weighted by atomic mass is 10.0. The first-order valence-corrected chi connectivity index (χ1v) is 9.85. The average molecular weight is 368 g/mol. The summed E-state index contributed by atoms with van der Waals surface area (Å²) in [5.41, 5.74) is 2.95. The van der Waals surface area contributed by atoms with Gasteiger partial charge in [-0.15, -0.1) is 0 Å². The van der Waals surface area contributed by atoms with Gasteiger partial charge in [-0.05, 0) is 49.5 Å². The molecule has 4 aliphatic rings. The molecule has 0 aromatic heterocycles. The fourth-order valence-electron chi connectivity index (χ4n) is 4.96. The summed E-state index contributed by atoms with van der Waals surface area (Å²) in [6, 6.07) is 6.67. The van der Waals surface area contributed by atoms with E-state index < -0.39 is 6.04 Å². The highest BCUT2D eigenvalue weighted by Gasteiger charge is 2.47. The van der Waals surface area contributed by atoms with E-state index in [9.17, 15) is 14.4 Å². The smallest absolute Gasteiger partial charge is 0.255 e. The second kappa shape index (κ2) is 6.42. The molecule has 0 saturated carbocycles. The third kappa shape index (κ3) is 2.85. The van der Waals surface area contributed by atoms with Crippen molar-refractivity contribution < 1.29 is 14.4 Å². The molecule has 0 aliphatic carbocycles. The van der Waals surface area contributed by atoms with Crippen LogP contribution in [0.15, 0.2) is 18.2 Å². The topological polar surface area (TPSA) is 81.5 Å². The van der Waals surface area contributed by atoms with Crippen LogP contribution >= 0.6 is 0 Å². The first-order chi connectivity index (χ1) is 13.1. The standard InChI is InChI=1S/C20H24N4O3/c25-18-5-4-17(19(26)22-18)24-11-14-12(2-1-3-13(14)20(24)27)10-23-15-6-8-21-9-7-16(15)23/h1-3,15-17,21H,4-11H2,(H,22,25,26). The van der Waals surface area contributed by atoms with E-state index in [1.807, 2.05) is 12.1 Å². The maximum atomic E-state index is 12.9. The SMILES string of the molecule is O=C1CCC(N2Cc3c(CN4C5CCNCCC54)cccc3C2=O)C(=O)N1. The zero-order valence-electron chi connectivity index (χ0n) is 15.2. The van der Waals surface area contributed by atoms with Gasteiger partial charge in [-0.3, -0.25) is 24.6 Å². The number of benzene rings is 1. The molecular formula is C20H24N4O3. The molecule has 3 atom stereocenters. The molecule has 5 rings (SSSR count). The molecule has 142 valence electrons. The van der Waals surface area contributed by atoms with Gasteiger partial charge in [0.2, 0.25) is 11.8 Å². The molecule has 3 unspecified atom stereocenters. The molecule has 4 heterocycles. The van der Waals surface area contributed by atoms with Gasteiger partial charge >= 0.3 is 0 Å². The van der Waals surface area contributed by atoms with Crippen molar-refractivity contribution in [1.82, 2.24) is 20.4 Å². The van der Waals surface area contributed by atoms with Crippen LogP contribution in [0.25, 0.3) is 0 Å². The molecular weight excluding hydrogens is 344 g/mol. The monoisotopic (exact) mass is 368 g/mol. The highest BCUT2D eigenvalue weighted by Crippen LogP contribution is 2.38. The minimum absolute atomic E-state index is 0.0921. The minimum atomic E-state index is -0.547. The van der Waals surface area contributed by atoms with Gasteiger partial charge in [0.1, 0.15) is 6.04 Å². The van der Waals surface area contributed by atoms with Crippen molar-refractivity contribution in [2.24, 2.45) is 0 Å². The Kier molecular flexibility index (Phi) is 4.02. The summed E-state index contributed by atoms with van der Waals surface area (Å²) in [6.07, 6.45) is 3.06. The van der Waals surface area contributed by atoms with Crippen LogP contribution in [0.2, 0.25) is 0 Å². The summed E-state index contributed by atoms with van der Waals surface area (Å²) in [4.78, 5) is 40.7. The number of hydrogen-bond acceptors (Lipinski definition) is 5. The van der Waals surface area contributed by atoms with E-state index in [0.29, 0.717) is 30.6 Å². The number of nitrogens with one attached hydrogen (secondary N) is 2. The van der Waals surface area contributed by atoms with Gasteiger partial charge in [-0.2, -0.15) is 0 Å². The van der Waals surface area contributed by atoms with Crippen molar-refractivity contribution >= 4 is 17.7 Å². The molecule has 0 spiro atoms. The van der Waals surface area contributed by atoms with E-state index >= 15 is 0 Å². The predicted molar refractivity (Wildman–Crippen MR) is 97.7 cm³/mol. The van der Waals surface area contributed by atoms with Crippen molar-refractivity contribution in [2.75, 3.05) is 13.1 Å². The number of imide groups is 1. The zero-order valence-corrected chi connectivity index (χ0v) is 15.2. The van der Waals surface area contributed by atoms with Crippen molar-refractivity contribution in [3.05, 3.63) is 34.9 Å². The number of rotatable bonds is 3. The zero-order chi connectivity index (χ0) is 18.5. The predicted octanol–water partition coefficient (Wildman–Crippen LogP) is 0.384. The van der Waals surface area contributed by atoms with Crippen molar-refractivity contribution in [1.29, 1.82) is 0 Å². The molecule has 3 amide bonds. The molecule has 3 fully saturated rings. The normalized spacial score (nSPS) is 32.6. The van der Waals surface area contributed by atoms with Gasteiger partial charge in [-0.1, -0.05) is 12.1 Å². The van der Waals surface area contributed by atoms with E-state index in [4.69, 9.17) is 0 Å². The number of carbonyl (C=O) groups is 3. The Labute approximate surface area is 158 Å². The summed E-state index contributed by atoms with van der Waals surface area (Å²) in [5.74, 6) is -0.698. The Hall–Kier alpha value is -2.25. The first-order valence-electron chi connectivity index (χ1n) is 9.85. The summed E-state index contributed by atoms with van der Waals surface area (Å²) >= 11 is 0. The molecule has 0 bridgehead atoms. The summed E-state index contributed by atoms with van der Waals surface area (Å²) in [6.45, 7) is 3.48. The van der Waals surface area contributed by atoms with E-state index in [2.05, 4.69) is 21.6 Å². The van der Waals surface area contributed by atoms with Gasteiger partial charge in [-0.25, -0.2) is 0 Å². The highest BCUT2D eigenvalue weighted by atomic mass is 16.2. The van der Waals surface area contributed by atoms with E-state index in [-0.39, 0.29) is 24.1 Å². The highest BCUT2D eigenvalue weighted by molar-refractivity contribution is 6.05. The molecule has 7 nitrogen and oxygen atoms in total. The van der Waals surface area contributed by atoms with Crippen LogP contribution in [0.4, 0.5) is 0 Å². The Morgan fingerprint density at radius 2 is 1.81 bits per heavy atom. The third-order valence-corrected chi connectivity index (χ3v) is 6.47. The largest absolute Gasteiger partial charge is 0.322 e. The van der Waals surface area contributed by atoms with Crippen LogP contribution in [-0.2, 0) is 22.7 Å². The van der Waals surface area contributed by atoms with Crippen molar-refractivity contribution in [2.45, 2.75) is 56.9 Å². The number of nitrogens with zero attached hydrogens (tertiary/aromatic N) is 2. The quantitative estimate of drug-likeness (QED) is 0.596. The van der Waals surface area contributed by atoms with Crippen molar-refractivity contribution in [3.8, 4) is 0 Å². The van der Waals surface area contributed by atoms with E-state index in [1.54, 1.807) is 4.90 Å². The van der Waals surface area contributed by atoms with Crippen LogP contribution in [0.5, 0.6) is 0 Å². The Balaban J connectivity index is 1.35. The molecule has 0 radical (unpaired) electrons. The first kappa shape index (κ1) is 16.9. The second-order valence-corrected chi connectivity index (χ2v) is 7.98. The molecule has 1 aromatic rings. The molecule has 1 aromatic carbocycles. The van der Waals surface area contributed by atoms with Crippen LogP contribution < -0.4 is 10.6 Å². The number of hydrogen-bond donors (Lipinski definition) is 2. The van der Waals surface area contributed by atoms with Gasteiger partial charge in [0.05, 0.1) is 0 Å². The lowest BCUT2D eigenvalue weighted by molar-refractivity contribution is -0.136. The molecule has 27 heavy (non-hydrogen) atoms. The fraction of sp³-hybridized carbons (Fsp3) is 0.550. The molecule has 2 N–H and O–H groups in total. The third-order valence-electron chi connectivity index (χ3n) is 6.47. The molecule has 3 saturated heterocycles.